The van der Waals surface area contributed by atoms with Gasteiger partial charge in [0.05, 0.1) is 0 Å². The summed E-state index contributed by atoms with van der Waals surface area (Å²) in [5.41, 5.74) is -1.02. The van der Waals surface area contributed by atoms with E-state index in [9.17, 15) is 14.7 Å². The van der Waals surface area contributed by atoms with Crippen LogP contribution in [-0.2, 0) is 9.59 Å². The zero-order chi connectivity index (χ0) is 10.5. The molecule has 3 atom stereocenters. The van der Waals surface area contributed by atoms with Crippen LogP contribution in [0.1, 0.15) is 33.1 Å². The van der Waals surface area contributed by atoms with E-state index in [2.05, 4.69) is 0 Å². The van der Waals surface area contributed by atoms with Gasteiger partial charge in [0.1, 0.15) is 5.41 Å². The van der Waals surface area contributed by atoms with E-state index in [-0.39, 0.29) is 11.7 Å². The number of fused-ring (bicyclic) bond motifs is 2. The Bertz CT molecular complexity index is 295. The highest BCUT2D eigenvalue weighted by molar-refractivity contribution is 6.06. The van der Waals surface area contributed by atoms with E-state index in [4.69, 9.17) is 0 Å². The number of ketones is 1. The van der Waals surface area contributed by atoms with E-state index in [1.165, 1.54) is 0 Å². The molecule has 14 heavy (non-hydrogen) atoms. The molecule has 2 rings (SSSR count). The minimum atomic E-state index is -1.02. The summed E-state index contributed by atoms with van der Waals surface area (Å²) >= 11 is 0. The highest BCUT2D eigenvalue weighted by Crippen LogP contribution is 2.58. The van der Waals surface area contributed by atoms with Crippen LogP contribution in [0.25, 0.3) is 0 Å². The van der Waals surface area contributed by atoms with Gasteiger partial charge in [-0.1, -0.05) is 13.8 Å². The fourth-order valence-corrected chi connectivity index (χ4v) is 3.62. The van der Waals surface area contributed by atoms with E-state index in [0.29, 0.717) is 24.7 Å². The largest absolute Gasteiger partial charge is 0.480 e. The highest BCUT2D eigenvalue weighted by Gasteiger charge is 2.64. The van der Waals surface area contributed by atoms with E-state index in [0.717, 1.165) is 6.42 Å². The van der Waals surface area contributed by atoms with Crippen LogP contribution in [0, 0.1) is 23.2 Å². The summed E-state index contributed by atoms with van der Waals surface area (Å²) in [7, 11) is 0. The molecule has 2 aliphatic rings. The number of carbonyl (C=O) groups excluding carboxylic acids is 1. The Labute approximate surface area is 83.5 Å². The topological polar surface area (TPSA) is 54.4 Å². The normalized spacial score (nSPS) is 40.9. The summed E-state index contributed by atoms with van der Waals surface area (Å²) in [5, 5.41) is 9.26. The van der Waals surface area contributed by atoms with Gasteiger partial charge in [0, 0.05) is 6.42 Å². The van der Waals surface area contributed by atoms with E-state index in [1.54, 1.807) is 0 Å². The maximum atomic E-state index is 11.7. The standard InChI is InChI=1S/C11H16O3/c1-6(2)9-7-3-4-11(9,10(13)14)8(12)5-7/h6-7,9H,3-5H2,1-2H3,(H,13,14)/t7-,9?,11-/m1/s1. The Kier molecular flexibility index (Phi) is 1.95. The predicted molar refractivity (Wildman–Crippen MR) is 50.7 cm³/mol. The molecule has 2 fully saturated rings. The first-order chi connectivity index (χ1) is 6.50. The molecule has 0 saturated heterocycles. The SMILES string of the molecule is CC(C)C1[C@@H]2CC[C@@]1(C(=O)O)C(=O)C2. The average Bonchev–Trinajstić information content (AvgIpc) is 2.56. The Morgan fingerprint density at radius 1 is 1.57 bits per heavy atom. The second-order valence-corrected chi connectivity index (χ2v) is 4.97. The number of carboxylic acid groups (broad SMARTS) is 1. The molecule has 0 heterocycles. The molecule has 3 nitrogen and oxygen atoms in total. The van der Waals surface area contributed by atoms with Crippen molar-refractivity contribution in [2.45, 2.75) is 33.1 Å². The van der Waals surface area contributed by atoms with E-state index >= 15 is 0 Å². The lowest BCUT2D eigenvalue weighted by Gasteiger charge is -2.27. The number of aliphatic carboxylic acids is 1. The maximum absolute atomic E-state index is 11.7. The smallest absolute Gasteiger partial charge is 0.317 e. The number of hydrogen-bond acceptors (Lipinski definition) is 2. The van der Waals surface area contributed by atoms with Crippen LogP contribution in [0.15, 0.2) is 0 Å². The fraction of sp³-hybridized carbons (Fsp3) is 0.818. The molecule has 1 N–H and O–H groups in total. The zero-order valence-electron chi connectivity index (χ0n) is 8.62. The first-order valence-electron chi connectivity index (χ1n) is 5.27. The van der Waals surface area contributed by atoms with Crippen molar-refractivity contribution in [2.75, 3.05) is 0 Å². The van der Waals surface area contributed by atoms with Crippen molar-refractivity contribution in [3.05, 3.63) is 0 Å². The van der Waals surface area contributed by atoms with Gasteiger partial charge in [-0.3, -0.25) is 9.59 Å². The van der Waals surface area contributed by atoms with Crippen molar-refractivity contribution in [2.24, 2.45) is 23.2 Å². The number of hydrogen-bond donors (Lipinski definition) is 1. The molecular formula is C11H16O3. The Balaban J connectivity index is 2.44. The molecule has 78 valence electrons. The summed E-state index contributed by atoms with van der Waals surface area (Å²) in [6.45, 7) is 4.05. The molecule has 2 bridgehead atoms. The van der Waals surface area contributed by atoms with Crippen molar-refractivity contribution in [3.8, 4) is 0 Å². The van der Waals surface area contributed by atoms with Gasteiger partial charge in [-0.05, 0) is 30.6 Å². The van der Waals surface area contributed by atoms with E-state index < -0.39 is 11.4 Å². The molecule has 3 heteroatoms. The lowest BCUT2D eigenvalue weighted by atomic mass is 9.73. The van der Waals surface area contributed by atoms with Crippen LogP contribution in [0.5, 0.6) is 0 Å². The molecule has 0 aliphatic heterocycles. The quantitative estimate of drug-likeness (QED) is 0.684. The Morgan fingerprint density at radius 2 is 2.21 bits per heavy atom. The van der Waals surface area contributed by atoms with E-state index in [1.807, 2.05) is 13.8 Å². The third-order valence-electron chi connectivity index (χ3n) is 4.03. The molecular weight excluding hydrogens is 180 g/mol. The molecule has 0 spiro atoms. The molecule has 1 unspecified atom stereocenters. The number of rotatable bonds is 2. The van der Waals surface area contributed by atoms with Gasteiger partial charge < -0.3 is 5.11 Å². The van der Waals surface area contributed by atoms with Gasteiger partial charge >= 0.3 is 5.97 Å². The molecule has 0 radical (unpaired) electrons. The van der Waals surface area contributed by atoms with Crippen LogP contribution >= 0.6 is 0 Å². The number of carbonyl (C=O) groups is 2. The zero-order valence-corrected chi connectivity index (χ0v) is 8.62. The molecule has 0 aromatic rings. The summed E-state index contributed by atoms with van der Waals surface area (Å²) in [6, 6.07) is 0. The molecule has 2 saturated carbocycles. The Morgan fingerprint density at radius 3 is 2.57 bits per heavy atom. The van der Waals surface area contributed by atoms with Crippen molar-refractivity contribution in [1.82, 2.24) is 0 Å². The van der Waals surface area contributed by atoms with Gasteiger partial charge in [-0.15, -0.1) is 0 Å². The molecule has 0 aromatic heterocycles. The summed E-state index contributed by atoms with van der Waals surface area (Å²) in [6.07, 6.45) is 1.98. The minimum Gasteiger partial charge on any atom is -0.480 e. The molecule has 0 amide bonds. The summed E-state index contributed by atoms with van der Waals surface area (Å²) in [4.78, 5) is 23.0. The van der Waals surface area contributed by atoms with Crippen molar-refractivity contribution in [1.29, 1.82) is 0 Å². The van der Waals surface area contributed by atoms with Gasteiger partial charge in [0.2, 0.25) is 0 Å². The van der Waals surface area contributed by atoms with Crippen LogP contribution in [0.3, 0.4) is 0 Å². The molecule has 2 aliphatic carbocycles. The number of Topliss-reactive ketones (excluding diaryl/α,β-unsaturated/α-hetero) is 1. The lowest BCUT2D eigenvalue weighted by Crippen LogP contribution is -2.40. The number of carboxylic acids is 1. The van der Waals surface area contributed by atoms with Crippen molar-refractivity contribution >= 4 is 11.8 Å². The van der Waals surface area contributed by atoms with Gasteiger partial charge in [-0.2, -0.15) is 0 Å². The fourth-order valence-electron chi connectivity index (χ4n) is 3.62. The lowest BCUT2D eigenvalue weighted by molar-refractivity contribution is -0.156. The first kappa shape index (κ1) is 9.69. The summed E-state index contributed by atoms with van der Waals surface area (Å²) in [5.74, 6) is -0.211. The van der Waals surface area contributed by atoms with Crippen LogP contribution in [0.4, 0.5) is 0 Å². The first-order valence-corrected chi connectivity index (χ1v) is 5.27. The Hall–Kier alpha value is -0.860. The third kappa shape index (κ3) is 0.928. The predicted octanol–water partition coefficient (Wildman–Crippen LogP) is 1.71. The van der Waals surface area contributed by atoms with Crippen LogP contribution in [-0.4, -0.2) is 16.9 Å². The second-order valence-electron chi connectivity index (χ2n) is 4.97. The van der Waals surface area contributed by atoms with Crippen molar-refractivity contribution in [3.63, 3.8) is 0 Å². The molecule has 0 aromatic carbocycles. The monoisotopic (exact) mass is 196 g/mol. The van der Waals surface area contributed by atoms with Gasteiger partial charge in [0.25, 0.3) is 0 Å². The average molecular weight is 196 g/mol. The highest BCUT2D eigenvalue weighted by atomic mass is 16.4. The van der Waals surface area contributed by atoms with Crippen molar-refractivity contribution < 1.29 is 14.7 Å². The van der Waals surface area contributed by atoms with Crippen LogP contribution in [0.2, 0.25) is 0 Å². The van der Waals surface area contributed by atoms with Crippen LogP contribution < -0.4 is 0 Å². The summed E-state index contributed by atoms with van der Waals surface area (Å²) < 4.78 is 0. The van der Waals surface area contributed by atoms with Gasteiger partial charge in [-0.25, -0.2) is 0 Å². The van der Waals surface area contributed by atoms with Gasteiger partial charge in [0.15, 0.2) is 5.78 Å². The maximum Gasteiger partial charge on any atom is 0.317 e. The minimum absolute atomic E-state index is 0.0278. The second kappa shape index (κ2) is 2.81. The third-order valence-corrected chi connectivity index (χ3v) is 4.03.